The minimum Gasteiger partial charge on any atom is -0.461 e. The Bertz CT molecular complexity index is 1190. The smallest absolute Gasteiger partial charge is 0.362 e. The van der Waals surface area contributed by atoms with Crippen LogP contribution in [0.15, 0.2) is 51.8 Å². The van der Waals surface area contributed by atoms with Gasteiger partial charge in [0.1, 0.15) is 17.8 Å². The summed E-state index contributed by atoms with van der Waals surface area (Å²) in [4.78, 5) is 33.2. The van der Waals surface area contributed by atoms with Crippen LogP contribution in [0, 0.1) is 11.6 Å². The number of rotatable bonds is 10. The summed E-state index contributed by atoms with van der Waals surface area (Å²) >= 11 is 11.5. The quantitative estimate of drug-likeness (QED) is 0.0973. The molecule has 3 N–H and O–H groups in total. The third-order valence-electron chi connectivity index (χ3n) is 3.72. The van der Waals surface area contributed by atoms with Gasteiger partial charge in [0.05, 0.1) is 34.6 Å². The Hall–Kier alpha value is -4.10. The molecule has 15 heteroatoms. The van der Waals surface area contributed by atoms with Gasteiger partial charge in [-0.3, -0.25) is 15.6 Å². The average molecular weight is 560 g/mol. The number of carbonyl (C=O) groups excluding carboxylic acids is 3. The summed E-state index contributed by atoms with van der Waals surface area (Å²) in [5.74, 6) is -2.62. The Kier molecular flexibility index (Phi) is 13.8. The van der Waals surface area contributed by atoms with Crippen LogP contribution in [0.2, 0.25) is 10.0 Å². The van der Waals surface area contributed by atoms with Gasteiger partial charge in [0.2, 0.25) is 5.71 Å². The van der Waals surface area contributed by atoms with Crippen LogP contribution in [0.5, 0.6) is 0 Å². The molecule has 0 bridgehead atoms. The number of halogens is 4. The molecule has 0 saturated heterocycles. The number of carbonyl (C=O) groups is 3. The number of ether oxygens (including phenoxy) is 2. The van der Waals surface area contributed by atoms with E-state index < -0.39 is 29.3 Å². The van der Waals surface area contributed by atoms with Crippen LogP contribution in [0.25, 0.3) is 0 Å². The molecule has 0 spiro atoms. The monoisotopic (exact) mass is 559 g/mol. The molecule has 0 aromatic heterocycles. The Morgan fingerprint density at radius 3 is 1.70 bits per heavy atom. The van der Waals surface area contributed by atoms with E-state index >= 15 is 0 Å². The van der Waals surface area contributed by atoms with Crippen LogP contribution < -0.4 is 10.9 Å². The van der Waals surface area contributed by atoms with Gasteiger partial charge in [-0.25, -0.2) is 18.4 Å². The molecular weight excluding hydrogens is 539 g/mol. The fourth-order valence-electron chi connectivity index (χ4n) is 2.11. The van der Waals surface area contributed by atoms with Crippen molar-refractivity contribution in [3.05, 3.63) is 58.1 Å². The van der Waals surface area contributed by atoms with Crippen molar-refractivity contribution >= 4 is 70.4 Å². The third-order valence-corrected chi connectivity index (χ3v) is 4.34. The fraction of sp³-hybridized carbons (Fsp3) is 0.182. The second-order valence-electron chi connectivity index (χ2n) is 6.27. The second-order valence-corrected chi connectivity index (χ2v) is 7.08. The van der Waals surface area contributed by atoms with Gasteiger partial charge < -0.3 is 14.7 Å². The first-order chi connectivity index (χ1) is 17.7. The molecule has 0 atom stereocenters. The summed E-state index contributed by atoms with van der Waals surface area (Å²) in [6.45, 7) is 3.50. The lowest BCUT2D eigenvalue weighted by Gasteiger charge is -2.05. The van der Waals surface area contributed by atoms with Crippen molar-refractivity contribution in [1.29, 1.82) is 0 Å². The molecule has 11 nitrogen and oxygen atoms in total. The molecule has 0 saturated carbocycles. The van der Waals surface area contributed by atoms with E-state index in [0.717, 1.165) is 24.4 Å². The van der Waals surface area contributed by atoms with E-state index in [4.69, 9.17) is 28.4 Å². The number of esters is 2. The standard InChI is InChI=1S/C11H11ClFN3O3.C11H10ClFN2O3/c1-2-19-11(17)10(6-14-18)16-15-9-4-3-7(13)5-8(9)12;1-2-18-11(17)10(6-16)15-14-9-4-3-7(13)5-8(9)12/h3-6,15,18H,2H2,1H3;3-6,14H,2H2,1H3/b14-6+,16-10+;15-10+. The molecule has 0 aliphatic carbocycles. The average Bonchev–Trinajstić information content (AvgIpc) is 2.85. The van der Waals surface area contributed by atoms with E-state index in [1.54, 1.807) is 13.8 Å². The lowest BCUT2D eigenvalue weighted by atomic mass is 10.3. The van der Waals surface area contributed by atoms with Gasteiger partial charge in [-0.2, -0.15) is 10.2 Å². The minimum atomic E-state index is -0.849. The van der Waals surface area contributed by atoms with Gasteiger partial charge in [0, 0.05) is 0 Å². The number of hydrogen-bond acceptors (Lipinski definition) is 11. The van der Waals surface area contributed by atoms with Gasteiger partial charge in [-0.1, -0.05) is 28.4 Å². The highest BCUT2D eigenvalue weighted by molar-refractivity contribution is 6.59. The highest BCUT2D eigenvalue weighted by Crippen LogP contribution is 2.23. The zero-order chi connectivity index (χ0) is 27.8. The van der Waals surface area contributed by atoms with Crippen molar-refractivity contribution in [1.82, 2.24) is 0 Å². The largest absolute Gasteiger partial charge is 0.461 e. The minimum absolute atomic E-state index is 0.0767. The second kappa shape index (κ2) is 16.5. The highest BCUT2D eigenvalue weighted by atomic mass is 35.5. The number of hydrazone groups is 2. The zero-order valence-corrected chi connectivity index (χ0v) is 20.9. The van der Waals surface area contributed by atoms with Gasteiger partial charge in [-0.15, -0.1) is 0 Å². The summed E-state index contributed by atoms with van der Waals surface area (Å²) in [5, 5.41) is 18.5. The van der Waals surface area contributed by atoms with E-state index in [0.29, 0.717) is 0 Å². The van der Waals surface area contributed by atoms with Crippen molar-refractivity contribution < 1.29 is 37.8 Å². The number of nitrogens with one attached hydrogen (secondary N) is 2. The number of nitrogens with zero attached hydrogens (tertiary/aromatic N) is 3. The Morgan fingerprint density at radius 1 is 0.892 bits per heavy atom. The van der Waals surface area contributed by atoms with Gasteiger partial charge in [0.25, 0.3) is 0 Å². The van der Waals surface area contributed by atoms with Crippen molar-refractivity contribution in [2.24, 2.45) is 15.4 Å². The van der Waals surface area contributed by atoms with Crippen molar-refractivity contribution in [3.63, 3.8) is 0 Å². The van der Waals surface area contributed by atoms with Crippen LogP contribution in [-0.4, -0.2) is 54.3 Å². The van der Waals surface area contributed by atoms with E-state index in [9.17, 15) is 23.2 Å². The number of anilines is 2. The van der Waals surface area contributed by atoms with Crippen LogP contribution in [0.1, 0.15) is 13.8 Å². The Morgan fingerprint density at radius 2 is 1.32 bits per heavy atom. The molecule has 0 unspecified atom stereocenters. The molecule has 0 amide bonds. The first-order valence-electron chi connectivity index (χ1n) is 10.2. The topological polar surface area (TPSA) is 151 Å². The first-order valence-corrected chi connectivity index (χ1v) is 11.0. The molecule has 0 radical (unpaired) electrons. The third kappa shape index (κ3) is 11.0. The SMILES string of the molecule is CCOC(=O)/C(C=O)=N/Nc1ccc(F)cc1Cl.CCOC(=O)C(/C=N/O)=N/Nc1ccc(F)cc1Cl. The molecule has 2 rings (SSSR count). The summed E-state index contributed by atoms with van der Waals surface area (Å²) in [6, 6.07) is 7.17. The molecular formula is C22H21Cl2F2N5O6. The van der Waals surface area contributed by atoms with Crippen LogP contribution in [0.3, 0.4) is 0 Å². The number of aldehydes is 1. The maximum Gasteiger partial charge on any atom is 0.362 e. The summed E-state index contributed by atoms with van der Waals surface area (Å²) < 4.78 is 34.9. The molecule has 2 aromatic carbocycles. The van der Waals surface area contributed by atoms with Crippen LogP contribution >= 0.6 is 23.2 Å². The van der Waals surface area contributed by atoms with Crippen molar-refractivity contribution in [3.8, 4) is 0 Å². The van der Waals surface area contributed by atoms with E-state index in [2.05, 4.69) is 35.7 Å². The molecule has 0 fully saturated rings. The molecule has 0 aliphatic rings. The number of benzene rings is 2. The van der Waals surface area contributed by atoms with Crippen LogP contribution in [-0.2, 0) is 23.9 Å². The molecule has 37 heavy (non-hydrogen) atoms. The fourth-order valence-corrected chi connectivity index (χ4v) is 2.53. The van der Waals surface area contributed by atoms with Crippen molar-refractivity contribution in [2.45, 2.75) is 13.8 Å². The van der Waals surface area contributed by atoms with E-state index in [1.165, 1.54) is 18.2 Å². The molecule has 2 aromatic rings. The predicted molar refractivity (Wildman–Crippen MR) is 135 cm³/mol. The summed E-state index contributed by atoms with van der Waals surface area (Å²) in [7, 11) is 0. The van der Waals surface area contributed by atoms with Crippen LogP contribution in [0.4, 0.5) is 20.2 Å². The maximum absolute atomic E-state index is 12.8. The molecule has 198 valence electrons. The number of hydrogen-bond donors (Lipinski definition) is 3. The summed E-state index contributed by atoms with van der Waals surface area (Å²) in [6.07, 6.45) is 1.06. The Balaban J connectivity index is 0.000000371. The molecule has 0 aliphatic heterocycles. The lowest BCUT2D eigenvalue weighted by molar-refractivity contribution is -0.136. The van der Waals surface area contributed by atoms with Crippen molar-refractivity contribution in [2.75, 3.05) is 24.1 Å². The van der Waals surface area contributed by atoms with E-state index in [1.807, 2.05) is 0 Å². The highest BCUT2D eigenvalue weighted by Gasteiger charge is 2.12. The summed E-state index contributed by atoms with van der Waals surface area (Å²) in [5.41, 5.74) is 4.70. The van der Waals surface area contributed by atoms with Gasteiger partial charge in [-0.05, 0) is 50.2 Å². The van der Waals surface area contributed by atoms with E-state index in [-0.39, 0.29) is 46.6 Å². The van der Waals surface area contributed by atoms with Gasteiger partial charge >= 0.3 is 11.9 Å². The zero-order valence-electron chi connectivity index (χ0n) is 19.4. The maximum atomic E-state index is 12.8. The molecule has 0 heterocycles. The normalized spacial score (nSPS) is 11.3. The first kappa shape index (κ1) is 30.9. The lowest BCUT2D eigenvalue weighted by Crippen LogP contribution is -2.20. The predicted octanol–water partition coefficient (Wildman–Crippen LogP) is 4.28. The Labute approximate surface area is 219 Å². The van der Waals surface area contributed by atoms with Gasteiger partial charge in [0.15, 0.2) is 12.0 Å². The number of oxime groups is 1.